The summed E-state index contributed by atoms with van der Waals surface area (Å²) < 4.78 is 2.07. The molecule has 0 bridgehead atoms. The van der Waals surface area contributed by atoms with E-state index in [-0.39, 0.29) is 30.9 Å². The molecule has 2 amide bonds. The second kappa shape index (κ2) is 10.8. The lowest BCUT2D eigenvalue weighted by atomic mass is 10.1. The SMILES string of the molecule is O=C(CC(CO)N1CCN(C(=O)c2cscn2)CC1)Nc1ccc2c(ccn2-c2ccc(Cl)cc2)c1. The lowest BCUT2D eigenvalue weighted by Gasteiger charge is -2.38. The van der Waals surface area contributed by atoms with E-state index in [1.54, 1.807) is 15.8 Å². The van der Waals surface area contributed by atoms with E-state index in [0.717, 1.165) is 16.6 Å². The summed E-state index contributed by atoms with van der Waals surface area (Å²) in [7, 11) is 0. The number of hydrogen-bond acceptors (Lipinski definition) is 6. The van der Waals surface area contributed by atoms with Crippen LogP contribution in [0.1, 0.15) is 16.9 Å². The zero-order valence-corrected chi connectivity index (χ0v) is 21.1. The summed E-state index contributed by atoms with van der Waals surface area (Å²) >= 11 is 7.41. The van der Waals surface area contributed by atoms with Crippen molar-refractivity contribution < 1.29 is 14.7 Å². The Kier molecular flexibility index (Phi) is 7.33. The number of nitrogens with zero attached hydrogens (tertiary/aromatic N) is 4. The number of aliphatic hydroxyl groups is 1. The van der Waals surface area contributed by atoms with Crippen LogP contribution >= 0.6 is 22.9 Å². The third-order valence-corrected chi connectivity index (χ3v) is 7.32. The van der Waals surface area contributed by atoms with E-state index >= 15 is 0 Å². The molecular formula is C26H26ClN5O3S. The van der Waals surface area contributed by atoms with Crippen molar-refractivity contribution in [2.24, 2.45) is 0 Å². The highest BCUT2D eigenvalue weighted by molar-refractivity contribution is 7.07. The van der Waals surface area contributed by atoms with Gasteiger partial charge in [0.1, 0.15) is 5.69 Å². The lowest BCUT2D eigenvalue weighted by Crippen LogP contribution is -2.53. The summed E-state index contributed by atoms with van der Waals surface area (Å²) in [5.74, 6) is -0.235. The van der Waals surface area contributed by atoms with E-state index < -0.39 is 0 Å². The molecule has 36 heavy (non-hydrogen) atoms. The average Bonchev–Trinajstić information content (AvgIpc) is 3.58. The van der Waals surface area contributed by atoms with Crippen molar-refractivity contribution in [3.63, 3.8) is 0 Å². The van der Waals surface area contributed by atoms with Crippen molar-refractivity contribution in [1.82, 2.24) is 19.4 Å². The number of anilines is 1. The number of hydrogen-bond donors (Lipinski definition) is 2. The predicted molar refractivity (Wildman–Crippen MR) is 142 cm³/mol. The molecule has 186 valence electrons. The number of nitrogens with one attached hydrogen (secondary N) is 1. The van der Waals surface area contributed by atoms with Crippen molar-refractivity contribution in [2.45, 2.75) is 12.5 Å². The molecule has 10 heteroatoms. The molecule has 0 radical (unpaired) electrons. The molecule has 1 unspecified atom stereocenters. The second-order valence-corrected chi connectivity index (χ2v) is 9.88. The standard InChI is InChI=1S/C26H26ClN5O3S/c27-19-1-4-21(5-2-19)32-8-7-18-13-20(3-6-24(18)32)29-25(34)14-22(15-33)30-9-11-31(12-10-30)26(35)23-16-36-17-28-23/h1-8,13,16-17,22,33H,9-12,14-15H2,(H,29,34). The average molecular weight is 524 g/mol. The van der Waals surface area contributed by atoms with Crippen molar-refractivity contribution in [2.75, 3.05) is 38.1 Å². The molecule has 8 nitrogen and oxygen atoms in total. The zero-order valence-electron chi connectivity index (χ0n) is 19.5. The van der Waals surface area contributed by atoms with Crippen LogP contribution in [0.15, 0.2) is 65.6 Å². The number of amides is 2. The number of halogens is 1. The molecule has 0 spiro atoms. The van der Waals surface area contributed by atoms with E-state index in [1.165, 1.54) is 11.3 Å². The molecular weight excluding hydrogens is 498 g/mol. The molecule has 3 heterocycles. The summed E-state index contributed by atoms with van der Waals surface area (Å²) in [6.07, 6.45) is 2.15. The van der Waals surface area contributed by atoms with E-state index in [0.29, 0.717) is 42.6 Å². The molecule has 2 N–H and O–H groups in total. The van der Waals surface area contributed by atoms with Gasteiger partial charge < -0.3 is 19.9 Å². The second-order valence-electron chi connectivity index (χ2n) is 8.73. The molecule has 4 aromatic rings. The van der Waals surface area contributed by atoms with Crippen LogP contribution in [0.5, 0.6) is 0 Å². The van der Waals surface area contributed by atoms with Crippen LogP contribution in [0.25, 0.3) is 16.6 Å². The van der Waals surface area contributed by atoms with Gasteiger partial charge in [-0.1, -0.05) is 11.6 Å². The number of carbonyl (C=O) groups excluding carboxylic acids is 2. The first-order chi connectivity index (χ1) is 17.5. The topological polar surface area (TPSA) is 90.7 Å². The summed E-state index contributed by atoms with van der Waals surface area (Å²) in [6, 6.07) is 15.1. The highest BCUT2D eigenvalue weighted by atomic mass is 35.5. The van der Waals surface area contributed by atoms with Crippen molar-refractivity contribution in [3.05, 3.63) is 76.3 Å². The maximum Gasteiger partial charge on any atom is 0.273 e. The van der Waals surface area contributed by atoms with Gasteiger partial charge in [0.2, 0.25) is 5.91 Å². The summed E-state index contributed by atoms with van der Waals surface area (Å²) in [5.41, 5.74) is 4.85. The van der Waals surface area contributed by atoms with Gasteiger partial charge in [-0.2, -0.15) is 0 Å². The van der Waals surface area contributed by atoms with Gasteiger partial charge in [0, 0.05) is 72.0 Å². The number of aliphatic hydroxyl groups excluding tert-OH is 1. The number of rotatable bonds is 7. The third-order valence-electron chi connectivity index (χ3n) is 6.48. The summed E-state index contributed by atoms with van der Waals surface area (Å²) in [4.78, 5) is 33.2. The Balaban J connectivity index is 1.18. The number of aromatic nitrogens is 2. The van der Waals surface area contributed by atoms with E-state index in [4.69, 9.17) is 11.6 Å². The Morgan fingerprint density at radius 2 is 1.86 bits per heavy atom. The van der Waals surface area contributed by atoms with Gasteiger partial charge in [0.15, 0.2) is 0 Å². The van der Waals surface area contributed by atoms with Crippen LogP contribution < -0.4 is 5.32 Å². The maximum absolute atomic E-state index is 12.8. The third kappa shape index (κ3) is 5.29. The van der Waals surface area contributed by atoms with Gasteiger partial charge in [0.25, 0.3) is 5.91 Å². The van der Waals surface area contributed by atoms with Gasteiger partial charge >= 0.3 is 0 Å². The number of carbonyl (C=O) groups is 2. The molecule has 0 aliphatic carbocycles. The Morgan fingerprint density at radius 3 is 2.56 bits per heavy atom. The molecule has 1 fully saturated rings. The van der Waals surface area contributed by atoms with Crippen LogP contribution in [0, 0.1) is 0 Å². The molecule has 1 atom stereocenters. The minimum absolute atomic E-state index is 0.0746. The van der Waals surface area contributed by atoms with Gasteiger partial charge in [-0.15, -0.1) is 11.3 Å². The highest BCUT2D eigenvalue weighted by Gasteiger charge is 2.28. The smallest absolute Gasteiger partial charge is 0.273 e. The summed E-state index contributed by atoms with van der Waals surface area (Å²) in [5, 5.41) is 16.4. The van der Waals surface area contributed by atoms with Crippen molar-refractivity contribution in [3.8, 4) is 5.69 Å². The zero-order chi connectivity index (χ0) is 25.1. The highest BCUT2D eigenvalue weighted by Crippen LogP contribution is 2.25. The van der Waals surface area contributed by atoms with Gasteiger partial charge in [-0.3, -0.25) is 14.5 Å². The largest absolute Gasteiger partial charge is 0.395 e. The molecule has 2 aromatic heterocycles. The normalized spacial score (nSPS) is 15.2. The van der Waals surface area contributed by atoms with Crippen LogP contribution in [-0.2, 0) is 4.79 Å². The monoisotopic (exact) mass is 523 g/mol. The number of fused-ring (bicyclic) bond motifs is 1. The molecule has 0 saturated carbocycles. The Labute approximate surface area is 217 Å². The van der Waals surface area contributed by atoms with Crippen LogP contribution in [0.2, 0.25) is 5.02 Å². The van der Waals surface area contributed by atoms with E-state index in [9.17, 15) is 14.7 Å². The first kappa shape index (κ1) is 24.5. The fraction of sp³-hybridized carbons (Fsp3) is 0.269. The molecule has 1 aliphatic heterocycles. The van der Waals surface area contributed by atoms with Gasteiger partial charge in [-0.25, -0.2) is 4.98 Å². The maximum atomic E-state index is 12.8. The Bertz CT molecular complexity index is 1350. The van der Waals surface area contributed by atoms with Crippen LogP contribution in [0.4, 0.5) is 5.69 Å². The number of piperazine rings is 1. The number of benzene rings is 2. The Morgan fingerprint density at radius 1 is 1.08 bits per heavy atom. The quantitative estimate of drug-likeness (QED) is 0.383. The Hall–Kier alpha value is -3.24. The van der Waals surface area contributed by atoms with Crippen molar-refractivity contribution >= 4 is 51.3 Å². The minimum atomic E-state index is -0.309. The first-order valence-electron chi connectivity index (χ1n) is 11.7. The van der Waals surface area contributed by atoms with Gasteiger partial charge in [-0.05, 0) is 48.5 Å². The number of thiazole rings is 1. The lowest BCUT2D eigenvalue weighted by molar-refractivity contribution is -0.118. The van der Waals surface area contributed by atoms with Gasteiger partial charge in [0.05, 0.1) is 17.6 Å². The molecule has 5 rings (SSSR count). The van der Waals surface area contributed by atoms with Crippen molar-refractivity contribution in [1.29, 1.82) is 0 Å². The molecule has 1 aliphatic rings. The van der Waals surface area contributed by atoms with Crippen LogP contribution in [-0.4, -0.2) is 75.1 Å². The minimum Gasteiger partial charge on any atom is -0.395 e. The first-order valence-corrected chi connectivity index (χ1v) is 13.0. The molecule has 2 aromatic carbocycles. The fourth-order valence-corrected chi connectivity index (χ4v) is 5.20. The van der Waals surface area contributed by atoms with Crippen LogP contribution in [0.3, 0.4) is 0 Å². The molecule has 1 saturated heterocycles. The fourth-order valence-electron chi connectivity index (χ4n) is 4.55. The summed E-state index contributed by atoms with van der Waals surface area (Å²) in [6.45, 7) is 2.14. The van der Waals surface area contributed by atoms with E-state index in [2.05, 4.69) is 19.8 Å². The predicted octanol–water partition coefficient (Wildman–Crippen LogP) is 3.89. The van der Waals surface area contributed by atoms with E-state index in [1.807, 2.05) is 54.7 Å².